The van der Waals surface area contributed by atoms with Gasteiger partial charge in [-0.1, -0.05) is 20.8 Å². The van der Waals surface area contributed by atoms with Gasteiger partial charge in [0.25, 0.3) is 0 Å². The van der Waals surface area contributed by atoms with Crippen LogP contribution in [0.15, 0.2) is 4.99 Å². The summed E-state index contributed by atoms with van der Waals surface area (Å²) in [7, 11) is 0. The second-order valence-electron chi connectivity index (χ2n) is 5.52. The van der Waals surface area contributed by atoms with E-state index in [-0.39, 0.29) is 36.5 Å². The first-order valence-corrected chi connectivity index (χ1v) is 7.15. The van der Waals surface area contributed by atoms with E-state index in [1.807, 2.05) is 6.92 Å². The van der Waals surface area contributed by atoms with E-state index in [4.69, 9.17) is 5.11 Å². The van der Waals surface area contributed by atoms with Gasteiger partial charge in [-0.15, -0.1) is 24.0 Å². The third kappa shape index (κ3) is 12.7. The SMILES string of the molecule is CCNC(=NCC(C)CO)NC(C)CCC(C)C.I. The maximum atomic E-state index is 8.99. The summed E-state index contributed by atoms with van der Waals surface area (Å²) < 4.78 is 0. The van der Waals surface area contributed by atoms with Gasteiger partial charge in [-0.05, 0) is 38.5 Å². The van der Waals surface area contributed by atoms with E-state index in [0.717, 1.165) is 24.8 Å². The van der Waals surface area contributed by atoms with Gasteiger partial charge in [0.1, 0.15) is 0 Å². The van der Waals surface area contributed by atoms with E-state index in [2.05, 4.69) is 43.3 Å². The lowest BCUT2D eigenvalue weighted by atomic mass is 10.0. The molecular formula is C14H32IN3O. The summed E-state index contributed by atoms with van der Waals surface area (Å²) in [5, 5.41) is 15.6. The molecule has 0 fully saturated rings. The maximum absolute atomic E-state index is 8.99. The van der Waals surface area contributed by atoms with Gasteiger partial charge in [0.15, 0.2) is 5.96 Å². The van der Waals surface area contributed by atoms with Crippen molar-refractivity contribution < 1.29 is 5.11 Å². The zero-order valence-corrected chi connectivity index (χ0v) is 15.4. The lowest BCUT2D eigenvalue weighted by Gasteiger charge is -2.19. The van der Waals surface area contributed by atoms with Crippen LogP contribution in [0, 0.1) is 11.8 Å². The Balaban J connectivity index is 0. The third-order valence-corrected chi connectivity index (χ3v) is 2.78. The Morgan fingerprint density at radius 2 is 1.79 bits per heavy atom. The first kappa shape index (κ1) is 21.3. The predicted octanol–water partition coefficient (Wildman–Crippen LogP) is 2.61. The average molecular weight is 385 g/mol. The van der Waals surface area contributed by atoms with Gasteiger partial charge in [-0.25, -0.2) is 0 Å². The molecule has 0 spiro atoms. The predicted molar refractivity (Wildman–Crippen MR) is 94.3 cm³/mol. The molecule has 3 N–H and O–H groups in total. The van der Waals surface area contributed by atoms with Crippen molar-refractivity contribution >= 4 is 29.9 Å². The van der Waals surface area contributed by atoms with Crippen molar-refractivity contribution in [3.8, 4) is 0 Å². The zero-order valence-electron chi connectivity index (χ0n) is 13.1. The van der Waals surface area contributed by atoms with Crippen molar-refractivity contribution in [2.75, 3.05) is 19.7 Å². The van der Waals surface area contributed by atoms with Gasteiger partial charge in [0, 0.05) is 25.7 Å². The molecule has 0 aliphatic rings. The van der Waals surface area contributed by atoms with E-state index in [1.54, 1.807) is 0 Å². The highest BCUT2D eigenvalue weighted by Gasteiger charge is 2.07. The lowest BCUT2D eigenvalue weighted by molar-refractivity contribution is 0.241. The highest BCUT2D eigenvalue weighted by molar-refractivity contribution is 14.0. The number of rotatable bonds is 8. The van der Waals surface area contributed by atoms with Gasteiger partial charge in [0.05, 0.1) is 0 Å². The van der Waals surface area contributed by atoms with Crippen LogP contribution >= 0.6 is 24.0 Å². The van der Waals surface area contributed by atoms with Gasteiger partial charge in [-0.3, -0.25) is 4.99 Å². The molecule has 0 bridgehead atoms. The molecule has 0 rings (SSSR count). The Hall–Kier alpha value is -0.0400. The van der Waals surface area contributed by atoms with Crippen molar-refractivity contribution in [1.29, 1.82) is 0 Å². The molecule has 0 saturated heterocycles. The van der Waals surface area contributed by atoms with Gasteiger partial charge in [0.2, 0.25) is 0 Å². The standard InChI is InChI=1S/C14H31N3O.HI/c1-6-15-14(16-9-12(4)10-18)17-13(5)8-7-11(2)3;/h11-13,18H,6-10H2,1-5H3,(H2,15,16,17);1H. The molecule has 0 heterocycles. The Labute approximate surface area is 135 Å². The Morgan fingerprint density at radius 1 is 1.16 bits per heavy atom. The number of aliphatic hydroxyl groups is 1. The second kappa shape index (κ2) is 13.0. The molecule has 116 valence electrons. The fourth-order valence-electron chi connectivity index (χ4n) is 1.51. The van der Waals surface area contributed by atoms with E-state index >= 15 is 0 Å². The van der Waals surface area contributed by atoms with E-state index in [9.17, 15) is 0 Å². The van der Waals surface area contributed by atoms with Crippen LogP contribution < -0.4 is 10.6 Å². The molecule has 5 heteroatoms. The first-order chi connectivity index (χ1) is 8.49. The van der Waals surface area contributed by atoms with Crippen LogP contribution in [0.5, 0.6) is 0 Å². The van der Waals surface area contributed by atoms with Crippen LogP contribution in [0.4, 0.5) is 0 Å². The van der Waals surface area contributed by atoms with Crippen LogP contribution in [0.3, 0.4) is 0 Å². The van der Waals surface area contributed by atoms with Crippen molar-refractivity contribution in [3.63, 3.8) is 0 Å². The van der Waals surface area contributed by atoms with Crippen LogP contribution in [-0.4, -0.2) is 36.8 Å². The highest BCUT2D eigenvalue weighted by atomic mass is 127. The molecule has 19 heavy (non-hydrogen) atoms. The van der Waals surface area contributed by atoms with Gasteiger partial charge >= 0.3 is 0 Å². The Kier molecular flexibility index (Phi) is 14.5. The summed E-state index contributed by atoms with van der Waals surface area (Å²) in [6.45, 7) is 12.4. The monoisotopic (exact) mass is 385 g/mol. The van der Waals surface area contributed by atoms with Crippen LogP contribution in [0.1, 0.15) is 47.5 Å². The number of hydrogen-bond donors (Lipinski definition) is 3. The average Bonchev–Trinajstić information content (AvgIpc) is 2.33. The van der Waals surface area contributed by atoms with Crippen molar-refractivity contribution in [2.24, 2.45) is 16.8 Å². The summed E-state index contributed by atoms with van der Waals surface area (Å²) in [4.78, 5) is 4.49. The minimum atomic E-state index is 0. The molecular weight excluding hydrogens is 353 g/mol. The van der Waals surface area contributed by atoms with Crippen LogP contribution in [0.2, 0.25) is 0 Å². The molecule has 0 aromatic carbocycles. The summed E-state index contributed by atoms with van der Waals surface area (Å²) in [6, 6.07) is 0.426. The zero-order chi connectivity index (χ0) is 14.0. The number of nitrogens with zero attached hydrogens (tertiary/aromatic N) is 1. The minimum Gasteiger partial charge on any atom is -0.396 e. The Bertz CT molecular complexity index is 235. The van der Waals surface area contributed by atoms with E-state index < -0.39 is 0 Å². The number of aliphatic imine (C=N–C) groups is 1. The molecule has 0 radical (unpaired) electrons. The van der Waals surface area contributed by atoms with E-state index in [0.29, 0.717) is 12.6 Å². The summed E-state index contributed by atoms with van der Waals surface area (Å²) >= 11 is 0. The molecule has 0 saturated carbocycles. The lowest BCUT2D eigenvalue weighted by Crippen LogP contribution is -2.42. The number of guanidine groups is 1. The smallest absolute Gasteiger partial charge is 0.191 e. The maximum Gasteiger partial charge on any atom is 0.191 e. The quantitative estimate of drug-likeness (QED) is 0.342. The van der Waals surface area contributed by atoms with E-state index in [1.165, 1.54) is 6.42 Å². The second-order valence-corrected chi connectivity index (χ2v) is 5.52. The van der Waals surface area contributed by atoms with Crippen LogP contribution in [0.25, 0.3) is 0 Å². The molecule has 0 amide bonds. The van der Waals surface area contributed by atoms with Gasteiger partial charge in [-0.2, -0.15) is 0 Å². The van der Waals surface area contributed by atoms with Crippen molar-refractivity contribution in [1.82, 2.24) is 10.6 Å². The minimum absolute atomic E-state index is 0. The molecule has 2 atom stereocenters. The molecule has 4 nitrogen and oxygen atoms in total. The largest absolute Gasteiger partial charge is 0.396 e. The summed E-state index contributed by atoms with van der Waals surface area (Å²) in [5.74, 6) is 1.81. The number of hydrogen-bond acceptors (Lipinski definition) is 2. The number of halogens is 1. The molecule has 2 unspecified atom stereocenters. The molecule has 0 aliphatic heterocycles. The highest BCUT2D eigenvalue weighted by Crippen LogP contribution is 2.06. The fourth-order valence-corrected chi connectivity index (χ4v) is 1.51. The normalized spacial score (nSPS) is 14.8. The molecule has 0 aromatic heterocycles. The van der Waals surface area contributed by atoms with Gasteiger partial charge < -0.3 is 15.7 Å². The Morgan fingerprint density at radius 3 is 2.26 bits per heavy atom. The number of nitrogens with one attached hydrogen (secondary N) is 2. The van der Waals surface area contributed by atoms with Crippen molar-refractivity contribution in [3.05, 3.63) is 0 Å². The fraction of sp³-hybridized carbons (Fsp3) is 0.929. The summed E-state index contributed by atoms with van der Waals surface area (Å²) in [5.41, 5.74) is 0. The van der Waals surface area contributed by atoms with Crippen molar-refractivity contribution in [2.45, 2.75) is 53.5 Å². The number of aliphatic hydroxyl groups excluding tert-OH is 1. The topological polar surface area (TPSA) is 56.7 Å². The molecule has 0 aromatic rings. The summed E-state index contributed by atoms with van der Waals surface area (Å²) in [6.07, 6.45) is 2.37. The first-order valence-electron chi connectivity index (χ1n) is 7.15. The van der Waals surface area contributed by atoms with Crippen LogP contribution in [-0.2, 0) is 0 Å². The third-order valence-electron chi connectivity index (χ3n) is 2.78. The molecule has 0 aliphatic carbocycles.